The highest BCUT2D eigenvalue weighted by atomic mass is 19.1. The van der Waals surface area contributed by atoms with Crippen LogP contribution in [0.5, 0.6) is 11.5 Å². The lowest BCUT2D eigenvalue weighted by Crippen LogP contribution is -2.38. The van der Waals surface area contributed by atoms with E-state index in [1.165, 1.54) is 31.3 Å². The largest absolute Gasteiger partial charge is 0.493 e. The van der Waals surface area contributed by atoms with Crippen LogP contribution in [0.25, 0.3) is 0 Å². The van der Waals surface area contributed by atoms with E-state index in [-0.39, 0.29) is 13.1 Å². The number of amides is 2. The maximum atomic E-state index is 13.6. The molecule has 0 spiro atoms. The van der Waals surface area contributed by atoms with Crippen molar-refractivity contribution >= 4 is 17.5 Å². The van der Waals surface area contributed by atoms with Gasteiger partial charge in [0.05, 0.1) is 14.2 Å². The molecule has 0 aliphatic rings. The van der Waals surface area contributed by atoms with Gasteiger partial charge in [-0.05, 0) is 37.3 Å². The molecule has 2 aromatic rings. The molecule has 0 saturated heterocycles. The zero-order chi connectivity index (χ0) is 20.0. The Morgan fingerprint density at radius 3 is 2.22 bits per heavy atom. The van der Waals surface area contributed by atoms with Crippen molar-refractivity contribution in [3.05, 3.63) is 53.6 Å². The Morgan fingerprint density at radius 1 is 1.04 bits per heavy atom. The fraction of sp³-hybridized carbons (Fsp3) is 0.263. The fourth-order valence-corrected chi connectivity index (χ4v) is 2.45. The summed E-state index contributed by atoms with van der Waals surface area (Å²) in [5.74, 6) is -2.09. The normalized spacial score (nSPS) is 10.3. The van der Waals surface area contributed by atoms with Crippen molar-refractivity contribution < 1.29 is 27.8 Å². The van der Waals surface area contributed by atoms with Gasteiger partial charge < -0.3 is 19.7 Å². The van der Waals surface area contributed by atoms with Crippen LogP contribution < -0.4 is 14.8 Å². The standard InChI is InChI=1S/C19H20F2N2O4/c1-4-23(11-17(24)22-18-13(20)6-5-7-14(18)21)19(25)12-8-9-15(26-2)16(10-12)27-3/h5-10H,4,11H2,1-3H3,(H,22,24). The van der Waals surface area contributed by atoms with Gasteiger partial charge in [-0.25, -0.2) is 8.78 Å². The van der Waals surface area contributed by atoms with Crippen LogP contribution in [0, 0.1) is 11.6 Å². The molecule has 8 heteroatoms. The molecule has 0 aromatic heterocycles. The average molecular weight is 378 g/mol. The van der Waals surface area contributed by atoms with Crippen LogP contribution in [0.1, 0.15) is 17.3 Å². The number of para-hydroxylation sites is 1. The zero-order valence-electron chi connectivity index (χ0n) is 15.2. The third-order valence-electron chi connectivity index (χ3n) is 3.86. The number of anilines is 1. The van der Waals surface area contributed by atoms with Crippen molar-refractivity contribution in [2.45, 2.75) is 6.92 Å². The Bertz CT molecular complexity index is 822. The Kier molecular flexibility index (Phi) is 6.70. The second kappa shape index (κ2) is 8.98. The molecule has 27 heavy (non-hydrogen) atoms. The average Bonchev–Trinajstić information content (AvgIpc) is 2.67. The van der Waals surface area contributed by atoms with Crippen LogP contribution in [0.3, 0.4) is 0 Å². The smallest absolute Gasteiger partial charge is 0.254 e. The molecule has 144 valence electrons. The van der Waals surface area contributed by atoms with Gasteiger partial charge in [-0.1, -0.05) is 6.07 Å². The van der Waals surface area contributed by atoms with E-state index in [1.807, 2.05) is 0 Å². The van der Waals surface area contributed by atoms with Crippen molar-refractivity contribution in [2.24, 2.45) is 0 Å². The zero-order valence-corrected chi connectivity index (χ0v) is 15.2. The summed E-state index contributed by atoms with van der Waals surface area (Å²) >= 11 is 0. The molecule has 6 nitrogen and oxygen atoms in total. The number of nitrogens with zero attached hydrogens (tertiary/aromatic N) is 1. The molecule has 0 fully saturated rings. The number of carbonyl (C=O) groups excluding carboxylic acids is 2. The third-order valence-corrected chi connectivity index (χ3v) is 3.86. The Labute approximate surface area is 155 Å². The van der Waals surface area contributed by atoms with Crippen LogP contribution in [0.2, 0.25) is 0 Å². The molecule has 0 radical (unpaired) electrons. The van der Waals surface area contributed by atoms with Gasteiger partial charge in [-0.2, -0.15) is 0 Å². The number of carbonyl (C=O) groups is 2. The van der Waals surface area contributed by atoms with E-state index in [9.17, 15) is 18.4 Å². The van der Waals surface area contributed by atoms with E-state index >= 15 is 0 Å². The third kappa shape index (κ3) is 4.72. The molecule has 0 aliphatic heterocycles. The van der Waals surface area contributed by atoms with Gasteiger partial charge in [0, 0.05) is 12.1 Å². The molecular formula is C19H20F2N2O4. The Balaban J connectivity index is 2.14. The number of nitrogens with one attached hydrogen (secondary N) is 1. The quantitative estimate of drug-likeness (QED) is 0.804. The summed E-state index contributed by atoms with van der Waals surface area (Å²) < 4.78 is 37.6. The van der Waals surface area contributed by atoms with E-state index in [0.29, 0.717) is 17.1 Å². The number of methoxy groups -OCH3 is 2. The number of rotatable bonds is 7. The number of ether oxygens (including phenoxy) is 2. The van der Waals surface area contributed by atoms with Crippen molar-refractivity contribution in [3.63, 3.8) is 0 Å². The minimum absolute atomic E-state index is 0.223. The highest BCUT2D eigenvalue weighted by Gasteiger charge is 2.20. The van der Waals surface area contributed by atoms with Gasteiger partial charge >= 0.3 is 0 Å². The van der Waals surface area contributed by atoms with Gasteiger partial charge in [0.1, 0.15) is 23.9 Å². The van der Waals surface area contributed by atoms with Gasteiger partial charge in [-0.3, -0.25) is 9.59 Å². The highest BCUT2D eigenvalue weighted by molar-refractivity contribution is 5.99. The molecule has 0 bridgehead atoms. The fourth-order valence-electron chi connectivity index (χ4n) is 2.45. The van der Waals surface area contributed by atoms with E-state index in [2.05, 4.69) is 5.32 Å². The predicted octanol–water partition coefficient (Wildman–Crippen LogP) is 3.08. The molecule has 2 aromatic carbocycles. The summed E-state index contributed by atoms with van der Waals surface area (Å²) in [7, 11) is 2.92. The molecule has 2 rings (SSSR count). The summed E-state index contributed by atoms with van der Waals surface area (Å²) in [5.41, 5.74) is -0.253. The minimum Gasteiger partial charge on any atom is -0.493 e. The second-order valence-electron chi connectivity index (χ2n) is 5.53. The number of hydrogen-bond donors (Lipinski definition) is 1. The lowest BCUT2D eigenvalue weighted by molar-refractivity contribution is -0.116. The Morgan fingerprint density at radius 2 is 1.67 bits per heavy atom. The summed E-state index contributed by atoms with van der Waals surface area (Å²) in [6.07, 6.45) is 0. The maximum absolute atomic E-state index is 13.6. The monoisotopic (exact) mass is 378 g/mol. The minimum atomic E-state index is -0.891. The SMILES string of the molecule is CCN(CC(=O)Nc1c(F)cccc1F)C(=O)c1ccc(OC)c(OC)c1. The lowest BCUT2D eigenvalue weighted by Gasteiger charge is -2.21. The number of halogens is 2. The van der Waals surface area contributed by atoms with E-state index < -0.39 is 29.1 Å². The maximum Gasteiger partial charge on any atom is 0.254 e. The van der Waals surface area contributed by atoms with E-state index in [0.717, 1.165) is 12.1 Å². The topological polar surface area (TPSA) is 67.9 Å². The van der Waals surface area contributed by atoms with Gasteiger partial charge in [0.25, 0.3) is 5.91 Å². The first-order chi connectivity index (χ1) is 12.9. The molecule has 2 amide bonds. The van der Waals surface area contributed by atoms with Crippen molar-refractivity contribution in [3.8, 4) is 11.5 Å². The molecule has 0 unspecified atom stereocenters. The molecule has 0 saturated carbocycles. The van der Waals surface area contributed by atoms with Crippen molar-refractivity contribution in [1.29, 1.82) is 0 Å². The number of benzene rings is 2. The first-order valence-electron chi connectivity index (χ1n) is 8.16. The van der Waals surface area contributed by atoms with Crippen molar-refractivity contribution in [2.75, 3.05) is 32.6 Å². The number of likely N-dealkylation sites (N-methyl/N-ethyl adjacent to an activating group) is 1. The molecule has 0 aliphatic carbocycles. The first kappa shape index (κ1) is 20.2. The van der Waals surface area contributed by atoms with Crippen molar-refractivity contribution in [1.82, 2.24) is 4.90 Å². The van der Waals surface area contributed by atoms with Crippen LogP contribution in [-0.4, -0.2) is 44.0 Å². The van der Waals surface area contributed by atoms with Crippen LogP contribution in [-0.2, 0) is 4.79 Å². The summed E-state index contributed by atoms with van der Waals surface area (Å²) in [5, 5.41) is 2.16. The molecule has 0 heterocycles. The molecule has 0 atom stereocenters. The summed E-state index contributed by atoms with van der Waals surface area (Å²) in [6, 6.07) is 7.88. The predicted molar refractivity (Wildman–Crippen MR) is 96.1 cm³/mol. The lowest BCUT2D eigenvalue weighted by atomic mass is 10.1. The van der Waals surface area contributed by atoms with Crippen LogP contribution >= 0.6 is 0 Å². The van der Waals surface area contributed by atoms with Gasteiger partial charge in [0.15, 0.2) is 11.5 Å². The van der Waals surface area contributed by atoms with Gasteiger partial charge in [0.2, 0.25) is 5.91 Å². The Hall–Kier alpha value is -3.16. The van der Waals surface area contributed by atoms with Gasteiger partial charge in [-0.15, -0.1) is 0 Å². The summed E-state index contributed by atoms with van der Waals surface area (Å²) in [6.45, 7) is 1.55. The number of hydrogen-bond acceptors (Lipinski definition) is 4. The van der Waals surface area contributed by atoms with Crippen LogP contribution in [0.4, 0.5) is 14.5 Å². The molecular weight excluding hydrogens is 358 g/mol. The molecule has 1 N–H and O–H groups in total. The second-order valence-corrected chi connectivity index (χ2v) is 5.53. The van der Waals surface area contributed by atoms with E-state index in [1.54, 1.807) is 19.1 Å². The van der Waals surface area contributed by atoms with E-state index in [4.69, 9.17) is 9.47 Å². The first-order valence-corrected chi connectivity index (χ1v) is 8.16. The highest BCUT2D eigenvalue weighted by Crippen LogP contribution is 2.28. The van der Waals surface area contributed by atoms with Crippen LogP contribution in [0.15, 0.2) is 36.4 Å². The summed E-state index contributed by atoms with van der Waals surface area (Å²) in [4.78, 5) is 26.1.